The van der Waals surface area contributed by atoms with Gasteiger partial charge >= 0.3 is 5.97 Å². The molecule has 116 valence electrons. The van der Waals surface area contributed by atoms with Crippen molar-refractivity contribution in [3.63, 3.8) is 0 Å². The first-order chi connectivity index (χ1) is 9.99. The second-order valence-electron chi connectivity index (χ2n) is 4.61. The summed E-state index contributed by atoms with van der Waals surface area (Å²) in [5.41, 5.74) is 0.230. The van der Waals surface area contributed by atoms with E-state index in [0.29, 0.717) is 4.90 Å². The van der Waals surface area contributed by atoms with Crippen LogP contribution in [0.1, 0.15) is 37.0 Å². The monoisotopic (exact) mass is 311 g/mol. The topological polar surface area (TPSA) is 72.5 Å². The highest BCUT2D eigenvalue weighted by Gasteiger charge is 2.16. The fourth-order valence-corrected chi connectivity index (χ4v) is 2.59. The van der Waals surface area contributed by atoms with Gasteiger partial charge in [-0.3, -0.25) is 9.00 Å². The molecule has 1 N–H and O–H groups in total. The smallest absolute Gasteiger partial charge is 0.339 e. The maximum absolute atomic E-state index is 12.0. The van der Waals surface area contributed by atoms with Crippen LogP contribution in [0.15, 0.2) is 29.2 Å². The van der Waals surface area contributed by atoms with Crippen LogP contribution >= 0.6 is 0 Å². The number of hydrogen-bond donors (Lipinski definition) is 1. The molecule has 0 radical (unpaired) electrons. The number of carbonyl (C=O) groups is 2. The fraction of sp³-hybridized carbons (Fsp3) is 0.467. The van der Waals surface area contributed by atoms with Crippen molar-refractivity contribution >= 4 is 22.7 Å². The van der Waals surface area contributed by atoms with Crippen molar-refractivity contribution in [3.8, 4) is 0 Å². The van der Waals surface area contributed by atoms with Crippen LogP contribution in [0, 0.1) is 0 Å². The van der Waals surface area contributed by atoms with E-state index in [1.54, 1.807) is 18.2 Å². The molecule has 6 heteroatoms. The molecule has 0 saturated carbocycles. The molecule has 0 aliphatic carbocycles. The van der Waals surface area contributed by atoms with Gasteiger partial charge in [-0.1, -0.05) is 26.0 Å². The standard InChI is InChI=1S/C15H21NO4S/c1-4-11(5-2)16-14(17)10-20-15(18)12-8-6-7-9-13(12)21(3)19/h6-9,11H,4-5,10H2,1-3H3,(H,16,17)/t21-/m0/s1. The maximum Gasteiger partial charge on any atom is 0.339 e. The van der Waals surface area contributed by atoms with E-state index < -0.39 is 16.8 Å². The number of benzene rings is 1. The molecule has 1 amide bonds. The van der Waals surface area contributed by atoms with Gasteiger partial charge < -0.3 is 10.1 Å². The Kier molecular flexibility index (Phi) is 7.08. The molecule has 0 bridgehead atoms. The van der Waals surface area contributed by atoms with Crippen molar-refractivity contribution in [2.24, 2.45) is 0 Å². The lowest BCUT2D eigenvalue weighted by atomic mass is 10.2. The molecule has 5 nitrogen and oxygen atoms in total. The summed E-state index contributed by atoms with van der Waals surface area (Å²) in [4.78, 5) is 24.0. The Balaban J connectivity index is 2.62. The van der Waals surface area contributed by atoms with Gasteiger partial charge in [-0.05, 0) is 25.0 Å². The Labute approximate surface area is 127 Å². The van der Waals surface area contributed by atoms with Gasteiger partial charge in [-0.25, -0.2) is 4.79 Å². The average molecular weight is 311 g/mol. The number of carbonyl (C=O) groups excluding carboxylic acids is 2. The summed E-state index contributed by atoms with van der Waals surface area (Å²) in [5, 5.41) is 2.78. The number of hydrogen-bond acceptors (Lipinski definition) is 4. The summed E-state index contributed by atoms with van der Waals surface area (Å²) in [7, 11) is -1.29. The molecule has 0 aliphatic rings. The second kappa shape index (κ2) is 8.56. The van der Waals surface area contributed by atoms with Crippen molar-refractivity contribution in [1.82, 2.24) is 5.32 Å². The van der Waals surface area contributed by atoms with Gasteiger partial charge in [0.15, 0.2) is 6.61 Å². The Hall–Kier alpha value is -1.69. The number of rotatable bonds is 7. The van der Waals surface area contributed by atoms with Crippen LogP contribution in [0.2, 0.25) is 0 Å². The van der Waals surface area contributed by atoms with Crippen molar-refractivity contribution in [2.45, 2.75) is 37.6 Å². The summed E-state index contributed by atoms with van der Waals surface area (Å²) in [6.07, 6.45) is 3.15. The van der Waals surface area contributed by atoms with E-state index in [-0.39, 0.29) is 24.1 Å². The van der Waals surface area contributed by atoms with Crippen LogP contribution in [0.3, 0.4) is 0 Å². The molecule has 1 aromatic rings. The lowest BCUT2D eigenvalue weighted by Crippen LogP contribution is -2.36. The van der Waals surface area contributed by atoms with Gasteiger partial charge in [0.1, 0.15) is 0 Å². The minimum atomic E-state index is -1.29. The van der Waals surface area contributed by atoms with E-state index in [2.05, 4.69) is 5.32 Å². The van der Waals surface area contributed by atoms with E-state index in [1.165, 1.54) is 12.3 Å². The molecule has 0 aliphatic heterocycles. The highest BCUT2D eigenvalue weighted by atomic mass is 32.2. The first kappa shape index (κ1) is 17.4. The summed E-state index contributed by atoms with van der Waals surface area (Å²) in [6, 6.07) is 6.60. The van der Waals surface area contributed by atoms with Gasteiger partial charge in [-0.15, -0.1) is 0 Å². The third kappa shape index (κ3) is 5.30. The first-order valence-corrected chi connectivity index (χ1v) is 8.44. The van der Waals surface area contributed by atoms with Gasteiger partial charge in [0.05, 0.1) is 21.3 Å². The minimum absolute atomic E-state index is 0.0895. The molecule has 1 aromatic carbocycles. The van der Waals surface area contributed by atoms with E-state index >= 15 is 0 Å². The molecular formula is C15H21NO4S. The quantitative estimate of drug-likeness (QED) is 0.781. The van der Waals surface area contributed by atoms with Crippen molar-refractivity contribution in [2.75, 3.05) is 12.9 Å². The van der Waals surface area contributed by atoms with Crippen LogP contribution < -0.4 is 5.32 Å². The number of esters is 1. The molecule has 1 rings (SSSR count). The summed E-state index contributed by atoms with van der Waals surface area (Å²) >= 11 is 0. The zero-order valence-corrected chi connectivity index (χ0v) is 13.4. The third-order valence-corrected chi connectivity index (χ3v) is 4.08. The van der Waals surface area contributed by atoms with Crippen LogP contribution in [0.4, 0.5) is 0 Å². The van der Waals surface area contributed by atoms with E-state index in [1.807, 2.05) is 13.8 Å². The highest BCUT2D eigenvalue weighted by Crippen LogP contribution is 2.13. The second-order valence-corrected chi connectivity index (χ2v) is 5.96. The zero-order valence-electron chi connectivity index (χ0n) is 12.5. The zero-order chi connectivity index (χ0) is 15.8. The van der Waals surface area contributed by atoms with Gasteiger partial charge in [0.25, 0.3) is 5.91 Å². The van der Waals surface area contributed by atoms with Gasteiger partial charge in [-0.2, -0.15) is 0 Å². The molecule has 0 fully saturated rings. The number of nitrogens with one attached hydrogen (secondary N) is 1. The van der Waals surface area contributed by atoms with Crippen LogP contribution in [-0.4, -0.2) is 35.0 Å². The first-order valence-electron chi connectivity index (χ1n) is 6.88. The van der Waals surface area contributed by atoms with Crippen LogP contribution in [0.25, 0.3) is 0 Å². The largest absolute Gasteiger partial charge is 0.452 e. The maximum atomic E-state index is 12.0. The third-order valence-electron chi connectivity index (χ3n) is 3.10. The van der Waals surface area contributed by atoms with Crippen molar-refractivity contribution in [3.05, 3.63) is 29.8 Å². The SMILES string of the molecule is CCC(CC)NC(=O)COC(=O)c1ccccc1[S@](C)=O. The summed E-state index contributed by atoms with van der Waals surface area (Å²) < 4.78 is 16.5. The molecule has 0 unspecified atom stereocenters. The minimum Gasteiger partial charge on any atom is -0.452 e. The molecule has 0 heterocycles. The molecule has 0 spiro atoms. The molecular weight excluding hydrogens is 290 g/mol. The lowest BCUT2D eigenvalue weighted by Gasteiger charge is -2.14. The Morgan fingerprint density at radius 1 is 1.24 bits per heavy atom. The fourth-order valence-electron chi connectivity index (χ4n) is 1.86. The van der Waals surface area contributed by atoms with E-state index in [0.717, 1.165) is 12.8 Å². The summed E-state index contributed by atoms with van der Waals surface area (Å²) in [6.45, 7) is 3.63. The number of amides is 1. The molecule has 21 heavy (non-hydrogen) atoms. The predicted molar refractivity (Wildman–Crippen MR) is 81.6 cm³/mol. The Morgan fingerprint density at radius 2 is 1.86 bits per heavy atom. The van der Waals surface area contributed by atoms with Gasteiger partial charge in [0.2, 0.25) is 0 Å². The molecule has 1 atom stereocenters. The molecule has 0 saturated heterocycles. The molecule has 0 aromatic heterocycles. The van der Waals surface area contributed by atoms with E-state index in [9.17, 15) is 13.8 Å². The number of ether oxygens (including phenoxy) is 1. The van der Waals surface area contributed by atoms with Crippen molar-refractivity contribution < 1.29 is 18.5 Å². The lowest BCUT2D eigenvalue weighted by molar-refractivity contribution is -0.125. The predicted octanol–water partition coefficient (Wildman–Crippen LogP) is 1.89. The van der Waals surface area contributed by atoms with Crippen molar-refractivity contribution in [1.29, 1.82) is 0 Å². The Morgan fingerprint density at radius 3 is 2.43 bits per heavy atom. The average Bonchev–Trinajstić information content (AvgIpc) is 2.50. The van der Waals surface area contributed by atoms with Crippen LogP contribution in [-0.2, 0) is 20.3 Å². The van der Waals surface area contributed by atoms with E-state index in [4.69, 9.17) is 4.74 Å². The normalized spacial score (nSPS) is 12.0. The highest BCUT2D eigenvalue weighted by molar-refractivity contribution is 7.84. The van der Waals surface area contributed by atoms with Gasteiger partial charge in [0, 0.05) is 12.3 Å². The van der Waals surface area contributed by atoms with Crippen LogP contribution in [0.5, 0.6) is 0 Å². The Bertz CT molecular complexity index is 526. The summed E-state index contributed by atoms with van der Waals surface area (Å²) in [5.74, 6) is -0.965.